The van der Waals surface area contributed by atoms with Crippen LogP contribution in [-0.4, -0.2) is 31.2 Å². The van der Waals surface area contributed by atoms with Gasteiger partial charge in [0.05, 0.1) is 10.6 Å². The summed E-state index contributed by atoms with van der Waals surface area (Å²) < 4.78 is 41.5. The van der Waals surface area contributed by atoms with Crippen LogP contribution in [0.2, 0.25) is 5.02 Å². The van der Waals surface area contributed by atoms with Crippen molar-refractivity contribution >= 4 is 49.1 Å². The molecule has 0 spiro atoms. The third-order valence-electron chi connectivity index (χ3n) is 4.11. The van der Waals surface area contributed by atoms with Gasteiger partial charge in [0.15, 0.2) is 0 Å². The third-order valence-corrected chi connectivity index (χ3v) is 6.80. The molecule has 2 aromatic rings. The van der Waals surface area contributed by atoms with Crippen molar-refractivity contribution in [1.29, 1.82) is 0 Å². The van der Waals surface area contributed by atoms with Crippen molar-refractivity contribution in [2.75, 3.05) is 11.9 Å². The fraction of sp³-hybridized carbons (Fsp3) is 0.235. The Bertz CT molecular complexity index is 938. The molecule has 5 nitrogen and oxygen atoms in total. The topological polar surface area (TPSA) is 66.5 Å². The monoisotopic (exact) mass is 460 g/mol. The van der Waals surface area contributed by atoms with E-state index in [1.807, 2.05) is 0 Å². The highest BCUT2D eigenvalue weighted by Crippen LogP contribution is 2.28. The number of anilines is 1. The van der Waals surface area contributed by atoms with E-state index >= 15 is 0 Å². The first-order chi connectivity index (χ1) is 12.3. The number of hydrogen-bond donors (Lipinski definition) is 1. The molecule has 1 aliphatic rings. The van der Waals surface area contributed by atoms with Gasteiger partial charge in [-0.05, 0) is 55.3 Å². The minimum absolute atomic E-state index is 0.0737. The second kappa shape index (κ2) is 7.64. The standard InChI is InChI=1S/C17H15BrClFN2O3S/c18-11-3-6-13(7-4-11)26(24,25)22-9-1-2-16(22)17(23)21-15-10-12(19)5-8-14(15)20/h3-8,10,16H,1-2,9H2,(H,21,23)/t16-/m0/s1. The number of amides is 1. The highest BCUT2D eigenvalue weighted by molar-refractivity contribution is 9.10. The summed E-state index contributed by atoms with van der Waals surface area (Å²) in [5.74, 6) is -1.22. The highest BCUT2D eigenvalue weighted by Gasteiger charge is 2.39. The van der Waals surface area contributed by atoms with Crippen LogP contribution in [0.4, 0.5) is 10.1 Å². The Hall–Kier alpha value is -1.48. The average Bonchev–Trinajstić information content (AvgIpc) is 3.09. The summed E-state index contributed by atoms with van der Waals surface area (Å²) in [5.41, 5.74) is -0.0737. The maximum Gasteiger partial charge on any atom is 0.243 e. The normalized spacial score (nSPS) is 18.0. The van der Waals surface area contributed by atoms with Gasteiger partial charge in [-0.3, -0.25) is 4.79 Å². The number of hydrogen-bond acceptors (Lipinski definition) is 3. The molecule has 0 aromatic heterocycles. The summed E-state index contributed by atoms with van der Waals surface area (Å²) in [6, 6.07) is 9.10. The fourth-order valence-electron chi connectivity index (χ4n) is 2.84. The average molecular weight is 462 g/mol. The molecule has 1 atom stereocenters. The molecule has 26 heavy (non-hydrogen) atoms. The van der Waals surface area contributed by atoms with Crippen LogP contribution in [0.3, 0.4) is 0 Å². The molecule has 2 aromatic carbocycles. The van der Waals surface area contributed by atoms with E-state index in [0.29, 0.717) is 12.8 Å². The second-order valence-corrected chi connectivity index (χ2v) is 9.08. The summed E-state index contributed by atoms with van der Waals surface area (Å²) in [7, 11) is -3.83. The molecule has 0 saturated carbocycles. The lowest BCUT2D eigenvalue weighted by Gasteiger charge is -2.23. The first-order valence-corrected chi connectivity index (χ1v) is 10.4. The predicted octanol–water partition coefficient (Wildman–Crippen LogP) is 4.03. The van der Waals surface area contributed by atoms with Crippen molar-refractivity contribution in [3.05, 3.63) is 57.8 Å². The lowest BCUT2D eigenvalue weighted by Crippen LogP contribution is -2.43. The predicted molar refractivity (Wildman–Crippen MR) is 101 cm³/mol. The van der Waals surface area contributed by atoms with Gasteiger partial charge in [-0.15, -0.1) is 0 Å². The van der Waals surface area contributed by atoms with Crippen molar-refractivity contribution < 1.29 is 17.6 Å². The molecule has 3 rings (SSSR count). The number of carbonyl (C=O) groups excluding carboxylic acids is 1. The van der Waals surface area contributed by atoms with E-state index in [0.717, 1.165) is 14.8 Å². The Balaban J connectivity index is 1.84. The number of carbonyl (C=O) groups is 1. The van der Waals surface area contributed by atoms with Crippen molar-refractivity contribution in [1.82, 2.24) is 4.31 Å². The molecule has 0 unspecified atom stereocenters. The van der Waals surface area contributed by atoms with Crippen LogP contribution in [-0.2, 0) is 14.8 Å². The zero-order valence-electron chi connectivity index (χ0n) is 13.5. The van der Waals surface area contributed by atoms with E-state index in [9.17, 15) is 17.6 Å². The van der Waals surface area contributed by atoms with Crippen molar-refractivity contribution in [3.8, 4) is 0 Å². The molecular formula is C17H15BrClFN2O3S. The molecule has 9 heteroatoms. The summed E-state index contributed by atoms with van der Waals surface area (Å²) in [5, 5.41) is 2.71. The third kappa shape index (κ3) is 3.93. The van der Waals surface area contributed by atoms with Crippen LogP contribution in [0.15, 0.2) is 51.8 Å². The van der Waals surface area contributed by atoms with Gasteiger partial charge >= 0.3 is 0 Å². The van der Waals surface area contributed by atoms with Gasteiger partial charge < -0.3 is 5.32 Å². The van der Waals surface area contributed by atoms with Crippen molar-refractivity contribution in [3.63, 3.8) is 0 Å². The Morgan fingerprint density at radius 2 is 1.92 bits per heavy atom. The zero-order valence-corrected chi connectivity index (χ0v) is 16.6. The summed E-state index contributed by atoms with van der Waals surface area (Å²) in [6.45, 7) is 0.231. The molecule has 1 amide bonds. The fourth-order valence-corrected chi connectivity index (χ4v) is 4.93. The van der Waals surface area contributed by atoms with Crippen LogP contribution in [0.5, 0.6) is 0 Å². The van der Waals surface area contributed by atoms with Gasteiger partial charge in [-0.25, -0.2) is 12.8 Å². The lowest BCUT2D eigenvalue weighted by atomic mass is 10.2. The Morgan fingerprint density at radius 1 is 1.23 bits per heavy atom. The van der Waals surface area contributed by atoms with E-state index in [4.69, 9.17) is 11.6 Å². The van der Waals surface area contributed by atoms with Gasteiger partial charge in [0.2, 0.25) is 15.9 Å². The summed E-state index contributed by atoms with van der Waals surface area (Å²) >= 11 is 9.09. The number of nitrogens with one attached hydrogen (secondary N) is 1. The van der Waals surface area contributed by atoms with Crippen LogP contribution in [0.1, 0.15) is 12.8 Å². The molecule has 0 radical (unpaired) electrons. The summed E-state index contributed by atoms with van der Waals surface area (Å²) in [4.78, 5) is 12.7. The number of benzene rings is 2. The quantitative estimate of drug-likeness (QED) is 0.747. The van der Waals surface area contributed by atoms with Gasteiger partial charge in [-0.1, -0.05) is 27.5 Å². The summed E-state index contributed by atoms with van der Waals surface area (Å²) in [6.07, 6.45) is 0.912. The van der Waals surface area contributed by atoms with Crippen LogP contribution < -0.4 is 5.32 Å². The molecule has 1 N–H and O–H groups in total. The number of halogens is 3. The largest absolute Gasteiger partial charge is 0.322 e. The van der Waals surface area contributed by atoms with Gasteiger partial charge in [0.1, 0.15) is 11.9 Å². The lowest BCUT2D eigenvalue weighted by molar-refractivity contribution is -0.119. The molecule has 1 aliphatic heterocycles. The first-order valence-electron chi connectivity index (χ1n) is 7.82. The van der Waals surface area contributed by atoms with Gasteiger partial charge in [0.25, 0.3) is 0 Å². The van der Waals surface area contributed by atoms with E-state index in [2.05, 4.69) is 21.2 Å². The van der Waals surface area contributed by atoms with E-state index in [1.54, 1.807) is 12.1 Å². The SMILES string of the molecule is O=C(Nc1cc(Cl)ccc1F)[C@@H]1CCCN1S(=O)(=O)c1ccc(Br)cc1. The van der Waals surface area contributed by atoms with Crippen LogP contribution in [0, 0.1) is 5.82 Å². The molecule has 138 valence electrons. The Morgan fingerprint density at radius 3 is 2.62 bits per heavy atom. The molecule has 0 bridgehead atoms. The van der Waals surface area contributed by atoms with Crippen molar-refractivity contribution in [2.45, 2.75) is 23.8 Å². The van der Waals surface area contributed by atoms with Gasteiger partial charge in [-0.2, -0.15) is 4.31 Å². The molecule has 1 heterocycles. The van der Waals surface area contributed by atoms with Gasteiger partial charge in [0, 0.05) is 16.0 Å². The molecular weight excluding hydrogens is 447 g/mol. The number of rotatable bonds is 4. The molecule has 1 saturated heterocycles. The maximum atomic E-state index is 13.8. The molecule has 0 aliphatic carbocycles. The smallest absolute Gasteiger partial charge is 0.243 e. The van der Waals surface area contributed by atoms with E-state index in [1.165, 1.54) is 24.3 Å². The maximum absolute atomic E-state index is 13.8. The minimum Gasteiger partial charge on any atom is -0.322 e. The molecule has 1 fully saturated rings. The number of sulfonamides is 1. The van der Waals surface area contributed by atoms with E-state index < -0.39 is 27.8 Å². The Kier molecular flexibility index (Phi) is 5.67. The van der Waals surface area contributed by atoms with Crippen LogP contribution >= 0.6 is 27.5 Å². The zero-order chi connectivity index (χ0) is 18.9. The van der Waals surface area contributed by atoms with E-state index in [-0.39, 0.29) is 22.2 Å². The second-order valence-electron chi connectivity index (χ2n) is 5.84. The Labute approximate surface area is 164 Å². The number of nitrogens with zero attached hydrogens (tertiary/aromatic N) is 1. The highest BCUT2D eigenvalue weighted by atomic mass is 79.9. The first kappa shape index (κ1) is 19.3. The van der Waals surface area contributed by atoms with Crippen LogP contribution in [0.25, 0.3) is 0 Å². The minimum atomic E-state index is -3.83. The van der Waals surface area contributed by atoms with Crippen molar-refractivity contribution in [2.24, 2.45) is 0 Å².